The molecule has 0 saturated carbocycles. The van der Waals surface area contributed by atoms with E-state index in [1.54, 1.807) is 14.2 Å². The third kappa shape index (κ3) is 3.61. The van der Waals surface area contributed by atoms with Crippen LogP contribution in [0.4, 0.5) is 0 Å². The van der Waals surface area contributed by atoms with Crippen LogP contribution in [0.3, 0.4) is 0 Å². The standard InChI is InChI=1S/C16H21N3O3S/c1-6-12-15(23-19-18-12)16(20)17-10(3)11-8-14(22-5)13(21-4)7-9(11)2/h7-8,10H,6H2,1-5H3,(H,17,20)/t10-/m1/s1. The number of carbonyl (C=O) groups excluding carboxylic acids is 1. The van der Waals surface area contributed by atoms with Crippen LogP contribution in [0.1, 0.15) is 46.4 Å². The number of nitrogens with one attached hydrogen (secondary N) is 1. The summed E-state index contributed by atoms with van der Waals surface area (Å²) < 4.78 is 14.5. The van der Waals surface area contributed by atoms with Gasteiger partial charge in [-0.05, 0) is 55.1 Å². The number of hydrogen-bond donors (Lipinski definition) is 1. The van der Waals surface area contributed by atoms with E-state index >= 15 is 0 Å². The Kier molecular flexibility index (Phi) is 5.54. The predicted octanol–water partition coefficient (Wildman–Crippen LogP) is 2.92. The summed E-state index contributed by atoms with van der Waals surface area (Å²) in [7, 11) is 3.20. The van der Waals surface area contributed by atoms with Gasteiger partial charge in [0.1, 0.15) is 4.88 Å². The van der Waals surface area contributed by atoms with E-state index in [1.807, 2.05) is 32.9 Å². The molecule has 1 N–H and O–H groups in total. The van der Waals surface area contributed by atoms with Crippen LogP contribution in [0.5, 0.6) is 11.5 Å². The second-order valence-electron chi connectivity index (χ2n) is 5.16. The molecule has 0 spiro atoms. The minimum Gasteiger partial charge on any atom is -0.493 e. The van der Waals surface area contributed by atoms with Crippen molar-refractivity contribution in [3.8, 4) is 11.5 Å². The van der Waals surface area contributed by atoms with Crippen LogP contribution in [-0.4, -0.2) is 29.7 Å². The highest BCUT2D eigenvalue weighted by molar-refractivity contribution is 7.08. The lowest BCUT2D eigenvalue weighted by molar-refractivity contribution is 0.0942. The fourth-order valence-corrected chi connectivity index (χ4v) is 3.07. The summed E-state index contributed by atoms with van der Waals surface area (Å²) in [5.41, 5.74) is 2.73. The Hall–Kier alpha value is -2.15. The van der Waals surface area contributed by atoms with Gasteiger partial charge < -0.3 is 14.8 Å². The van der Waals surface area contributed by atoms with E-state index in [1.165, 1.54) is 0 Å². The molecule has 0 aliphatic carbocycles. The van der Waals surface area contributed by atoms with Gasteiger partial charge in [-0.2, -0.15) is 0 Å². The zero-order valence-corrected chi connectivity index (χ0v) is 14.8. The Balaban J connectivity index is 2.23. The highest BCUT2D eigenvalue weighted by Gasteiger charge is 2.20. The van der Waals surface area contributed by atoms with Crippen LogP contribution in [0, 0.1) is 6.92 Å². The molecule has 1 heterocycles. The summed E-state index contributed by atoms with van der Waals surface area (Å²) >= 11 is 1.12. The highest BCUT2D eigenvalue weighted by atomic mass is 32.1. The molecule has 0 bridgehead atoms. The first-order chi connectivity index (χ1) is 11.0. The Morgan fingerprint density at radius 3 is 2.57 bits per heavy atom. The number of aromatic nitrogens is 2. The van der Waals surface area contributed by atoms with Crippen LogP contribution in [-0.2, 0) is 6.42 Å². The molecule has 6 nitrogen and oxygen atoms in total. The molecule has 2 aromatic rings. The average molecular weight is 335 g/mol. The Morgan fingerprint density at radius 2 is 1.96 bits per heavy atom. The minimum absolute atomic E-state index is 0.154. The molecule has 2 rings (SSSR count). The van der Waals surface area contributed by atoms with Gasteiger partial charge in [0.25, 0.3) is 5.91 Å². The van der Waals surface area contributed by atoms with Gasteiger partial charge in [0.2, 0.25) is 0 Å². The fraction of sp³-hybridized carbons (Fsp3) is 0.438. The van der Waals surface area contributed by atoms with Gasteiger partial charge in [-0.25, -0.2) is 0 Å². The molecule has 7 heteroatoms. The summed E-state index contributed by atoms with van der Waals surface area (Å²) in [5.74, 6) is 1.16. The van der Waals surface area contributed by atoms with Gasteiger partial charge >= 0.3 is 0 Å². The summed E-state index contributed by atoms with van der Waals surface area (Å²) in [6.45, 7) is 5.87. The first-order valence-corrected chi connectivity index (χ1v) is 8.13. The predicted molar refractivity (Wildman–Crippen MR) is 89.5 cm³/mol. The first kappa shape index (κ1) is 17.2. The van der Waals surface area contributed by atoms with E-state index in [0.29, 0.717) is 22.8 Å². The van der Waals surface area contributed by atoms with Crippen molar-refractivity contribution in [1.29, 1.82) is 0 Å². The van der Waals surface area contributed by atoms with Crippen molar-refractivity contribution in [3.63, 3.8) is 0 Å². The van der Waals surface area contributed by atoms with Gasteiger partial charge in [0.05, 0.1) is 26.0 Å². The number of nitrogens with zero attached hydrogens (tertiary/aromatic N) is 2. The number of methoxy groups -OCH3 is 2. The molecule has 124 valence electrons. The molecule has 1 aromatic heterocycles. The van der Waals surface area contributed by atoms with Crippen molar-refractivity contribution in [2.45, 2.75) is 33.2 Å². The van der Waals surface area contributed by atoms with Gasteiger partial charge in [0, 0.05) is 0 Å². The second kappa shape index (κ2) is 7.41. The normalized spacial score (nSPS) is 11.9. The summed E-state index contributed by atoms with van der Waals surface area (Å²) in [6.07, 6.45) is 0.684. The van der Waals surface area contributed by atoms with Crippen molar-refractivity contribution in [2.75, 3.05) is 14.2 Å². The quantitative estimate of drug-likeness (QED) is 0.878. The van der Waals surface area contributed by atoms with Gasteiger partial charge in [-0.15, -0.1) is 5.10 Å². The van der Waals surface area contributed by atoms with Gasteiger partial charge in [-0.1, -0.05) is 11.4 Å². The smallest absolute Gasteiger partial charge is 0.265 e. The molecule has 0 radical (unpaired) electrons. The van der Waals surface area contributed by atoms with Crippen LogP contribution in [0.15, 0.2) is 12.1 Å². The lowest BCUT2D eigenvalue weighted by atomic mass is 10.0. The minimum atomic E-state index is -0.172. The third-order valence-corrected chi connectivity index (χ3v) is 4.45. The molecule has 1 aromatic carbocycles. The van der Waals surface area contributed by atoms with Crippen molar-refractivity contribution in [1.82, 2.24) is 14.9 Å². The number of ether oxygens (including phenoxy) is 2. The SMILES string of the molecule is CCc1nnsc1C(=O)N[C@H](C)c1cc(OC)c(OC)cc1C. The van der Waals surface area contributed by atoms with Crippen molar-refractivity contribution >= 4 is 17.4 Å². The van der Waals surface area contributed by atoms with Crippen molar-refractivity contribution in [3.05, 3.63) is 33.8 Å². The zero-order valence-electron chi connectivity index (χ0n) is 14.0. The van der Waals surface area contributed by atoms with E-state index in [4.69, 9.17) is 9.47 Å². The largest absolute Gasteiger partial charge is 0.493 e. The molecule has 0 unspecified atom stereocenters. The van der Waals surface area contributed by atoms with Crippen LogP contribution in [0.2, 0.25) is 0 Å². The zero-order chi connectivity index (χ0) is 17.0. The summed E-state index contributed by atoms with van der Waals surface area (Å²) in [5, 5.41) is 6.97. The number of rotatable bonds is 6. The highest BCUT2D eigenvalue weighted by Crippen LogP contribution is 2.33. The number of benzene rings is 1. The van der Waals surface area contributed by atoms with E-state index in [0.717, 1.165) is 28.4 Å². The monoisotopic (exact) mass is 335 g/mol. The summed E-state index contributed by atoms with van der Waals surface area (Å²) in [6, 6.07) is 3.63. The van der Waals surface area contributed by atoms with E-state index in [2.05, 4.69) is 14.9 Å². The van der Waals surface area contributed by atoms with Gasteiger partial charge in [-0.3, -0.25) is 4.79 Å². The lowest BCUT2D eigenvalue weighted by Crippen LogP contribution is -2.27. The Bertz CT molecular complexity index is 700. The fourth-order valence-electron chi connectivity index (χ4n) is 2.42. The van der Waals surface area contributed by atoms with Crippen molar-refractivity contribution < 1.29 is 14.3 Å². The number of aryl methyl sites for hydroxylation is 2. The molecular formula is C16H21N3O3S. The second-order valence-corrected chi connectivity index (χ2v) is 5.92. The van der Waals surface area contributed by atoms with E-state index in [-0.39, 0.29) is 11.9 Å². The molecule has 1 amide bonds. The van der Waals surface area contributed by atoms with Gasteiger partial charge in [0.15, 0.2) is 11.5 Å². The molecule has 0 fully saturated rings. The third-order valence-electron chi connectivity index (χ3n) is 3.68. The maximum Gasteiger partial charge on any atom is 0.265 e. The topological polar surface area (TPSA) is 73.3 Å². The molecule has 23 heavy (non-hydrogen) atoms. The maximum absolute atomic E-state index is 12.4. The van der Waals surface area contributed by atoms with Crippen molar-refractivity contribution in [2.24, 2.45) is 0 Å². The molecule has 1 atom stereocenters. The maximum atomic E-state index is 12.4. The number of amides is 1. The Labute approximate surface area is 140 Å². The first-order valence-electron chi connectivity index (χ1n) is 7.36. The summed E-state index contributed by atoms with van der Waals surface area (Å²) in [4.78, 5) is 13.0. The van der Waals surface area contributed by atoms with Crippen LogP contribution in [0.25, 0.3) is 0 Å². The van der Waals surface area contributed by atoms with E-state index < -0.39 is 0 Å². The molecular weight excluding hydrogens is 314 g/mol. The number of hydrogen-bond acceptors (Lipinski definition) is 6. The molecule has 0 aliphatic heterocycles. The average Bonchev–Trinajstić information content (AvgIpc) is 3.02. The number of carbonyl (C=O) groups is 1. The van der Waals surface area contributed by atoms with Crippen LogP contribution < -0.4 is 14.8 Å². The van der Waals surface area contributed by atoms with E-state index in [9.17, 15) is 4.79 Å². The molecule has 0 saturated heterocycles. The Morgan fingerprint density at radius 1 is 1.30 bits per heavy atom. The van der Waals surface area contributed by atoms with Crippen LogP contribution >= 0.6 is 11.5 Å². The lowest BCUT2D eigenvalue weighted by Gasteiger charge is -2.19. The molecule has 0 aliphatic rings.